The molecule has 0 radical (unpaired) electrons. The highest BCUT2D eigenvalue weighted by atomic mass is 16.5. The molecule has 1 saturated heterocycles. The SMILES string of the molecule is CCCCOc1nc(N)c2ncc(Cc3cnc(C4CCN(CCc5ccccc5)CC4)c(C)c3)n2n1. The van der Waals surface area contributed by atoms with Gasteiger partial charge in [-0.15, -0.1) is 5.10 Å². The number of unbranched alkanes of at least 4 members (excludes halogenated alkanes) is 1. The predicted octanol–water partition coefficient (Wildman–Crippen LogP) is 4.60. The van der Waals surface area contributed by atoms with Crippen molar-refractivity contribution < 1.29 is 4.74 Å². The standard InChI is InChI=1S/C29H37N7O/c1-3-4-16-37-29-33-27(30)28-32-20-25(36(28)34-29)18-23-17-21(2)26(31-19-23)24-11-14-35(15-12-24)13-10-22-8-6-5-7-9-22/h5-9,17,19-20,24H,3-4,10-16,18H2,1-2H3,(H2,30,33,34). The van der Waals surface area contributed by atoms with Gasteiger partial charge in [0.1, 0.15) is 0 Å². The van der Waals surface area contributed by atoms with Crippen molar-refractivity contribution in [3.8, 4) is 6.01 Å². The van der Waals surface area contributed by atoms with E-state index in [0.717, 1.165) is 63.0 Å². The molecule has 8 heteroatoms. The van der Waals surface area contributed by atoms with Gasteiger partial charge in [-0.25, -0.2) is 9.50 Å². The normalized spacial score (nSPS) is 14.9. The van der Waals surface area contributed by atoms with E-state index in [4.69, 9.17) is 15.5 Å². The number of likely N-dealkylation sites (tertiary alicyclic amines) is 1. The van der Waals surface area contributed by atoms with E-state index in [2.05, 4.69) is 70.2 Å². The first-order valence-corrected chi connectivity index (χ1v) is 13.5. The van der Waals surface area contributed by atoms with Crippen LogP contribution in [0.3, 0.4) is 0 Å². The number of benzene rings is 1. The predicted molar refractivity (Wildman–Crippen MR) is 146 cm³/mol. The monoisotopic (exact) mass is 499 g/mol. The molecule has 1 aliphatic rings. The van der Waals surface area contributed by atoms with E-state index >= 15 is 0 Å². The van der Waals surface area contributed by atoms with Gasteiger partial charge in [0.15, 0.2) is 11.5 Å². The molecule has 4 aromatic rings. The molecule has 0 unspecified atom stereocenters. The Bertz CT molecular complexity index is 1310. The zero-order valence-corrected chi connectivity index (χ0v) is 21.9. The lowest BCUT2D eigenvalue weighted by atomic mass is 9.90. The number of nitrogens with zero attached hydrogens (tertiary/aromatic N) is 6. The molecule has 0 amide bonds. The van der Waals surface area contributed by atoms with E-state index in [1.54, 1.807) is 4.52 Å². The topological polar surface area (TPSA) is 94.5 Å². The number of fused-ring (bicyclic) bond motifs is 1. The second-order valence-corrected chi connectivity index (χ2v) is 10.0. The van der Waals surface area contributed by atoms with Crippen LogP contribution in [0, 0.1) is 6.92 Å². The summed E-state index contributed by atoms with van der Waals surface area (Å²) in [6.45, 7) is 8.26. The zero-order chi connectivity index (χ0) is 25.6. The van der Waals surface area contributed by atoms with Gasteiger partial charge in [0, 0.05) is 30.8 Å². The van der Waals surface area contributed by atoms with Gasteiger partial charge < -0.3 is 15.4 Å². The first-order chi connectivity index (χ1) is 18.1. The molecule has 37 heavy (non-hydrogen) atoms. The number of imidazole rings is 1. The van der Waals surface area contributed by atoms with E-state index in [0.29, 0.717) is 30.4 Å². The fraction of sp³-hybridized carbons (Fsp3) is 0.448. The second kappa shape index (κ2) is 11.7. The summed E-state index contributed by atoms with van der Waals surface area (Å²) < 4.78 is 7.44. The first-order valence-electron chi connectivity index (χ1n) is 13.5. The smallest absolute Gasteiger partial charge is 0.336 e. The van der Waals surface area contributed by atoms with Crippen LogP contribution in [0.2, 0.25) is 0 Å². The molecule has 4 heterocycles. The Morgan fingerprint density at radius 2 is 1.86 bits per heavy atom. The molecule has 1 fully saturated rings. The Hall–Kier alpha value is -3.52. The van der Waals surface area contributed by atoms with Crippen LogP contribution in [0.1, 0.15) is 66.6 Å². The lowest BCUT2D eigenvalue weighted by Crippen LogP contribution is -2.34. The van der Waals surface area contributed by atoms with Gasteiger partial charge in [0.05, 0.1) is 18.5 Å². The Kier molecular flexibility index (Phi) is 7.94. The number of nitrogen functional groups attached to an aromatic ring is 1. The first kappa shape index (κ1) is 25.1. The number of aryl methyl sites for hydroxylation is 1. The van der Waals surface area contributed by atoms with Crippen LogP contribution in [-0.4, -0.2) is 55.7 Å². The average molecular weight is 500 g/mol. The van der Waals surface area contributed by atoms with Crippen molar-refractivity contribution >= 4 is 11.5 Å². The molecule has 0 atom stereocenters. The van der Waals surface area contributed by atoms with Crippen molar-refractivity contribution in [1.29, 1.82) is 0 Å². The molecule has 1 aliphatic heterocycles. The molecule has 2 N–H and O–H groups in total. The van der Waals surface area contributed by atoms with Crippen LogP contribution in [0.15, 0.2) is 48.8 Å². The highest BCUT2D eigenvalue weighted by Crippen LogP contribution is 2.29. The lowest BCUT2D eigenvalue weighted by molar-refractivity contribution is 0.213. The summed E-state index contributed by atoms with van der Waals surface area (Å²) in [5, 5.41) is 4.53. The van der Waals surface area contributed by atoms with Crippen molar-refractivity contribution in [3.05, 3.63) is 76.9 Å². The number of aromatic nitrogens is 5. The largest absolute Gasteiger partial charge is 0.462 e. The number of rotatable bonds is 10. The third-order valence-corrected chi connectivity index (χ3v) is 7.26. The number of hydrogen-bond acceptors (Lipinski definition) is 7. The van der Waals surface area contributed by atoms with Gasteiger partial charge in [0.2, 0.25) is 0 Å². The Morgan fingerprint density at radius 1 is 1.05 bits per heavy atom. The molecule has 3 aromatic heterocycles. The fourth-order valence-corrected chi connectivity index (χ4v) is 5.16. The fourth-order valence-electron chi connectivity index (χ4n) is 5.16. The molecule has 0 spiro atoms. The summed E-state index contributed by atoms with van der Waals surface area (Å²) in [5.41, 5.74) is 12.7. The minimum Gasteiger partial charge on any atom is -0.462 e. The highest BCUT2D eigenvalue weighted by Gasteiger charge is 2.23. The van der Waals surface area contributed by atoms with Crippen molar-refractivity contribution in [1.82, 2.24) is 29.5 Å². The number of pyridine rings is 1. The highest BCUT2D eigenvalue weighted by molar-refractivity contribution is 5.59. The molecule has 8 nitrogen and oxygen atoms in total. The van der Waals surface area contributed by atoms with E-state index in [9.17, 15) is 0 Å². The minimum atomic E-state index is 0.289. The van der Waals surface area contributed by atoms with Gasteiger partial charge in [-0.3, -0.25) is 4.98 Å². The van der Waals surface area contributed by atoms with Crippen LogP contribution in [0.5, 0.6) is 6.01 Å². The van der Waals surface area contributed by atoms with Gasteiger partial charge in [-0.2, -0.15) is 4.98 Å². The van der Waals surface area contributed by atoms with Crippen LogP contribution >= 0.6 is 0 Å². The summed E-state index contributed by atoms with van der Waals surface area (Å²) in [6, 6.07) is 13.3. The molecule has 1 aromatic carbocycles. The van der Waals surface area contributed by atoms with Gasteiger partial charge in [0.25, 0.3) is 0 Å². The molecule has 0 saturated carbocycles. The number of anilines is 1. The quantitative estimate of drug-likeness (QED) is 0.319. The number of piperidine rings is 1. The summed E-state index contributed by atoms with van der Waals surface area (Å²) >= 11 is 0. The van der Waals surface area contributed by atoms with E-state index in [-0.39, 0.29) is 6.01 Å². The molecule has 0 bridgehead atoms. The van der Waals surface area contributed by atoms with Crippen molar-refractivity contribution in [2.75, 3.05) is 32.0 Å². The minimum absolute atomic E-state index is 0.289. The summed E-state index contributed by atoms with van der Waals surface area (Å²) in [6.07, 6.45) is 9.91. The van der Waals surface area contributed by atoms with Crippen molar-refractivity contribution in [3.63, 3.8) is 0 Å². The Morgan fingerprint density at radius 3 is 2.62 bits per heavy atom. The zero-order valence-electron chi connectivity index (χ0n) is 21.9. The van der Waals surface area contributed by atoms with Crippen LogP contribution < -0.4 is 10.5 Å². The summed E-state index contributed by atoms with van der Waals surface area (Å²) in [7, 11) is 0. The second-order valence-electron chi connectivity index (χ2n) is 10.0. The molecule has 5 rings (SSSR count). The molecule has 0 aliphatic carbocycles. The average Bonchev–Trinajstić information content (AvgIpc) is 3.32. The third-order valence-electron chi connectivity index (χ3n) is 7.26. The summed E-state index contributed by atoms with van der Waals surface area (Å²) in [5.74, 6) is 0.848. The van der Waals surface area contributed by atoms with E-state index < -0.39 is 0 Å². The van der Waals surface area contributed by atoms with Gasteiger partial charge in [-0.1, -0.05) is 49.7 Å². The van der Waals surface area contributed by atoms with Crippen LogP contribution in [-0.2, 0) is 12.8 Å². The van der Waals surface area contributed by atoms with E-state index in [1.807, 2.05) is 12.4 Å². The summed E-state index contributed by atoms with van der Waals surface area (Å²) in [4.78, 5) is 16.2. The molecule has 194 valence electrons. The molecular formula is C29H37N7O. The number of hydrogen-bond donors (Lipinski definition) is 1. The maximum Gasteiger partial charge on any atom is 0.336 e. The maximum atomic E-state index is 6.12. The third kappa shape index (κ3) is 6.07. The van der Waals surface area contributed by atoms with Crippen molar-refractivity contribution in [2.45, 2.75) is 58.3 Å². The van der Waals surface area contributed by atoms with Gasteiger partial charge >= 0.3 is 6.01 Å². The number of nitrogens with two attached hydrogens (primary N) is 1. The Balaban J connectivity index is 1.21. The molecular weight excluding hydrogens is 462 g/mol. The lowest BCUT2D eigenvalue weighted by Gasteiger charge is -2.32. The maximum absolute atomic E-state index is 6.12. The van der Waals surface area contributed by atoms with Crippen LogP contribution in [0.25, 0.3) is 5.65 Å². The van der Waals surface area contributed by atoms with Crippen LogP contribution in [0.4, 0.5) is 5.82 Å². The number of ether oxygens (including phenoxy) is 1. The van der Waals surface area contributed by atoms with Gasteiger partial charge in [-0.05, 0) is 62.4 Å². The van der Waals surface area contributed by atoms with E-state index in [1.165, 1.54) is 16.8 Å². The Labute approximate surface area is 218 Å². The van der Waals surface area contributed by atoms with Crippen molar-refractivity contribution in [2.24, 2.45) is 0 Å².